The minimum absolute atomic E-state index is 0.0112. The highest BCUT2D eigenvalue weighted by Gasteiger charge is 2.11. The lowest BCUT2D eigenvalue weighted by Crippen LogP contribution is -2.25. The van der Waals surface area contributed by atoms with Gasteiger partial charge in [-0.3, -0.25) is 14.0 Å². The normalized spacial score (nSPS) is 11.7. The minimum atomic E-state index is -0.0112. The van der Waals surface area contributed by atoms with Crippen LogP contribution in [-0.4, -0.2) is 32.3 Å². The number of aliphatic hydroxyl groups is 1. The van der Waals surface area contributed by atoms with Crippen molar-refractivity contribution < 1.29 is 5.11 Å². The molecule has 122 valence electrons. The molecule has 0 radical (unpaired) electrons. The zero-order valence-electron chi connectivity index (χ0n) is 13.4. The summed E-state index contributed by atoms with van der Waals surface area (Å²) >= 11 is 1.73. The number of aryl methyl sites for hydroxylation is 2. The number of fused-ring (bicyclic) bond motifs is 1. The van der Waals surface area contributed by atoms with Crippen molar-refractivity contribution in [2.75, 3.05) is 13.2 Å². The fourth-order valence-electron chi connectivity index (χ4n) is 2.89. The van der Waals surface area contributed by atoms with E-state index in [1.807, 2.05) is 12.1 Å². The average Bonchev–Trinajstić information content (AvgIpc) is 3.12. The Bertz CT molecular complexity index is 849. The van der Waals surface area contributed by atoms with Crippen LogP contribution >= 0.6 is 11.3 Å². The molecule has 6 heteroatoms. The van der Waals surface area contributed by atoms with Crippen LogP contribution in [0.5, 0.6) is 0 Å². The predicted molar refractivity (Wildman–Crippen MR) is 93.7 cm³/mol. The summed E-state index contributed by atoms with van der Waals surface area (Å²) in [5, 5.41) is 11.4. The second-order valence-corrected chi connectivity index (χ2v) is 6.77. The maximum absolute atomic E-state index is 12.0. The van der Waals surface area contributed by atoms with Crippen molar-refractivity contribution in [1.82, 2.24) is 14.0 Å². The molecule has 0 bridgehead atoms. The van der Waals surface area contributed by atoms with Gasteiger partial charge in [0.15, 0.2) is 0 Å². The molecule has 0 spiro atoms. The molecule has 2 aromatic heterocycles. The largest absolute Gasteiger partial charge is 0.395 e. The Labute approximate surface area is 139 Å². The molecule has 1 aromatic carbocycles. The molecule has 0 aliphatic heterocycles. The number of hydrogen-bond acceptors (Lipinski definition) is 4. The van der Waals surface area contributed by atoms with Crippen LogP contribution in [0, 0.1) is 0 Å². The van der Waals surface area contributed by atoms with Gasteiger partial charge in [-0.05, 0) is 29.1 Å². The third-order valence-electron chi connectivity index (χ3n) is 4.12. The number of hydrogen-bond donors (Lipinski definition) is 1. The first-order chi connectivity index (χ1) is 11.1. The van der Waals surface area contributed by atoms with E-state index in [0.29, 0.717) is 6.54 Å². The summed E-state index contributed by atoms with van der Waals surface area (Å²) in [6.07, 6.45) is 0. The van der Waals surface area contributed by atoms with Crippen molar-refractivity contribution in [1.29, 1.82) is 0 Å². The quantitative estimate of drug-likeness (QED) is 0.751. The van der Waals surface area contributed by atoms with Gasteiger partial charge >= 0.3 is 5.69 Å². The van der Waals surface area contributed by atoms with Crippen LogP contribution in [0.2, 0.25) is 0 Å². The molecule has 1 N–H and O–H groups in total. The number of thiophene rings is 1. The molecule has 0 fully saturated rings. The van der Waals surface area contributed by atoms with Crippen LogP contribution < -0.4 is 5.69 Å². The molecule has 0 atom stereocenters. The van der Waals surface area contributed by atoms with Crippen LogP contribution in [0.15, 0.2) is 40.5 Å². The lowest BCUT2D eigenvalue weighted by atomic mass is 10.2. The standard InChI is InChI=1S/C17H21N3O2S/c1-18-15-6-5-13(10-16(15)19(2)17(18)22)11-20(7-8-21)12-14-4-3-9-23-14/h3-6,9-10,21H,7-8,11-12H2,1-2H3. The third kappa shape index (κ3) is 3.24. The van der Waals surface area contributed by atoms with Crippen molar-refractivity contribution in [2.45, 2.75) is 13.1 Å². The lowest BCUT2D eigenvalue weighted by Gasteiger charge is -2.20. The monoisotopic (exact) mass is 331 g/mol. The highest BCUT2D eigenvalue weighted by atomic mass is 32.1. The number of nitrogens with zero attached hydrogens (tertiary/aromatic N) is 3. The number of imidazole rings is 1. The van der Waals surface area contributed by atoms with Gasteiger partial charge in [-0.2, -0.15) is 0 Å². The Morgan fingerprint density at radius 2 is 1.91 bits per heavy atom. The maximum atomic E-state index is 12.0. The van der Waals surface area contributed by atoms with Gasteiger partial charge in [-0.25, -0.2) is 4.79 Å². The molecule has 0 unspecified atom stereocenters. The fourth-order valence-corrected chi connectivity index (χ4v) is 3.63. The van der Waals surface area contributed by atoms with Crippen molar-refractivity contribution >= 4 is 22.4 Å². The maximum Gasteiger partial charge on any atom is 0.328 e. The summed E-state index contributed by atoms with van der Waals surface area (Å²) in [7, 11) is 3.59. The van der Waals surface area contributed by atoms with Gasteiger partial charge in [-0.15, -0.1) is 11.3 Å². The molecular formula is C17H21N3O2S. The number of benzene rings is 1. The van der Waals surface area contributed by atoms with E-state index in [4.69, 9.17) is 0 Å². The molecule has 0 saturated carbocycles. The van der Waals surface area contributed by atoms with E-state index in [9.17, 15) is 9.90 Å². The summed E-state index contributed by atoms with van der Waals surface area (Å²) in [6, 6.07) is 10.3. The van der Waals surface area contributed by atoms with Crippen molar-refractivity contribution in [3.8, 4) is 0 Å². The van der Waals surface area contributed by atoms with Crippen molar-refractivity contribution in [3.05, 3.63) is 56.6 Å². The van der Waals surface area contributed by atoms with Crippen LogP contribution in [0.4, 0.5) is 0 Å². The van der Waals surface area contributed by atoms with Gasteiger partial charge in [0.1, 0.15) is 0 Å². The molecule has 0 amide bonds. The predicted octanol–water partition coefficient (Wildman–Crippen LogP) is 1.93. The highest BCUT2D eigenvalue weighted by molar-refractivity contribution is 7.09. The summed E-state index contributed by atoms with van der Waals surface area (Å²) in [4.78, 5) is 15.5. The molecule has 0 aliphatic carbocycles. The van der Waals surface area contributed by atoms with E-state index in [2.05, 4.69) is 28.5 Å². The van der Waals surface area contributed by atoms with E-state index in [-0.39, 0.29) is 12.3 Å². The first-order valence-corrected chi connectivity index (χ1v) is 8.48. The van der Waals surface area contributed by atoms with E-state index in [0.717, 1.165) is 29.7 Å². The van der Waals surface area contributed by atoms with Gasteiger partial charge in [0.05, 0.1) is 17.6 Å². The van der Waals surface area contributed by atoms with Gasteiger partial charge in [-0.1, -0.05) is 12.1 Å². The first-order valence-electron chi connectivity index (χ1n) is 7.60. The van der Waals surface area contributed by atoms with E-state index in [1.165, 1.54) is 4.88 Å². The summed E-state index contributed by atoms with van der Waals surface area (Å²) < 4.78 is 3.34. The molecule has 5 nitrogen and oxygen atoms in total. The molecular weight excluding hydrogens is 310 g/mol. The third-order valence-corrected chi connectivity index (χ3v) is 4.98. The van der Waals surface area contributed by atoms with E-state index >= 15 is 0 Å². The van der Waals surface area contributed by atoms with E-state index in [1.54, 1.807) is 34.6 Å². The van der Waals surface area contributed by atoms with Gasteiger partial charge < -0.3 is 5.11 Å². The number of aromatic nitrogens is 2. The Morgan fingerprint density at radius 3 is 2.61 bits per heavy atom. The Hall–Kier alpha value is -1.89. The molecule has 23 heavy (non-hydrogen) atoms. The smallest absolute Gasteiger partial charge is 0.328 e. The SMILES string of the molecule is Cn1c(=O)n(C)c2cc(CN(CCO)Cc3cccs3)ccc21. The second kappa shape index (κ2) is 6.70. The highest BCUT2D eigenvalue weighted by Crippen LogP contribution is 2.18. The zero-order valence-corrected chi connectivity index (χ0v) is 14.2. The van der Waals surface area contributed by atoms with Gasteiger partial charge in [0.25, 0.3) is 0 Å². The first kappa shape index (κ1) is 16.0. The summed E-state index contributed by atoms with van der Waals surface area (Å²) in [5.41, 5.74) is 3.01. The Kier molecular flexibility index (Phi) is 4.66. The average molecular weight is 331 g/mol. The van der Waals surface area contributed by atoms with Crippen LogP contribution in [0.3, 0.4) is 0 Å². The second-order valence-electron chi connectivity index (χ2n) is 5.74. The number of aliphatic hydroxyl groups excluding tert-OH is 1. The number of rotatable bonds is 6. The molecule has 0 aliphatic rings. The lowest BCUT2D eigenvalue weighted by molar-refractivity contribution is 0.185. The molecule has 0 saturated heterocycles. The minimum Gasteiger partial charge on any atom is -0.395 e. The molecule has 2 heterocycles. The van der Waals surface area contributed by atoms with Crippen LogP contribution in [0.1, 0.15) is 10.4 Å². The van der Waals surface area contributed by atoms with Crippen molar-refractivity contribution in [3.63, 3.8) is 0 Å². The van der Waals surface area contributed by atoms with E-state index < -0.39 is 0 Å². The van der Waals surface area contributed by atoms with Gasteiger partial charge in [0, 0.05) is 38.6 Å². The van der Waals surface area contributed by atoms with Crippen LogP contribution in [-0.2, 0) is 27.2 Å². The fraction of sp³-hybridized carbons (Fsp3) is 0.353. The summed E-state index contributed by atoms with van der Waals surface area (Å²) in [6.45, 7) is 2.34. The topological polar surface area (TPSA) is 50.4 Å². The zero-order chi connectivity index (χ0) is 16.4. The molecule has 3 rings (SSSR count). The Morgan fingerprint density at radius 1 is 1.13 bits per heavy atom. The molecule has 3 aromatic rings. The van der Waals surface area contributed by atoms with Gasteiger partial charge in [0.2, 0.25) is 0 Å². The van der Waals surface area contributed by atoms with Crippen LogP contribution in [0.25, 0.3) is 11.0 Å². The summed E-state index contributed by atoms with van der Waals surface area (Å²) in [5.74, 6) is 0. The van der Waals surface area contributed by atoms with Crippen molar-refractivity contribution in [2.24, 2.45) is 14.1 Å². The Balaban J connectivity index is 1.86.